The van der Waals surface area contributed by atoms with Crippen molar-refractivity contribution in [3.63, 3.8) is 0 Å². The Kier molecular flexibility index (Phi) is 5.12. The molecule has 4 rings (SSSR count). The van der Waals surface area contributed by atoms with Crippen LogP contribution in [0.4, 0.5) is 16.2 Å². The van der Waals surface area contributed by atoms with Crippen LogP contribution in [0.25, 0.3) is 0 Å². The second-order valence-corrected chi connectivity index (χ2v) is 6.85. The summed E-state index contributed by atoms with van der Waals surface area (Å²) in [6, 6.07) is 22.0. The van der Waals surface area contributed by atoms with E-state index in [0.29, 0.717) is 17.1 Å². The predicted octanol–water partition coefficient (Wildman–Crippen LogP) is 3.21. The van der Waals surface area contributed by atoms with Crippen LogP contribution >= 0.6 is 0 Å². The summed E-state index contributed by atoms with van der Waals surface area (Å²) in [4.78, 5) is 27.4. The number of carbonyl (C=O) groups excluding carboxylic acids is 2. The van der Waals surface area contributed by atoms with Gasteiger partial charge < -0.3 is 20.5 Å². The Morgan fingerprint density at radius 3 is 2.57 bits per heavy atom. The van der Waals surface area contributed by atoms with Crippen LogP contribution in [0.1, 0.15) is 11.1 Å². The molecule has 1 aliphatic heterocycles. The van der Waals surface area contributed by atoms with Gasteiger partial charge in [0, 0.05) is 18.2 Å². The third kappa shape index (κ3) is 3.35. The van der Waals surface area contributed by atoms with Gasteiger partial charge in [0.2, 0.25) is 0 Å². The van der Waals surface area contributed by atoms with Crippen LogP contribution in [0.2, 0.25) is 0 Å². The van der Waals surface area contributed by atoms with E-state index in [1.165, 1.54) is 7.11 Å². The van der Waals surface area contributed by atoms with Gasteiger partial charge in [-0.3, -0.25) is 9.69 Å². The second-order valence-electron chi connectivity index (χ2n) is 6.85. The predicted molar refractivity (Wildman–Crippen MR) is 113 cm³/mol. The minimum absolute atomic E-state index is 0.206. The lowest BCUT2D eigenvalue weighted by Gasteiger charge is -2.42. The van der Waals surface area contributed by atoms with E-state index >= 15 is 0 Å². The molecule has 0 saturated heterocycles. The highest BCUT2D eigenvalue weighted by atomic mass is 16.5. The topological polar surface area (TPSA) is 90.9 Å². The van der Waals surface area contributed by atoms with Crippen LogP contribution in [0.3, 0.4) is 0 Å². The fourth-order valence-corrected chi connectivity index (χ4v) is 3.51. The van der Waals surface area contributed by atoms with E-state index < -0.39 is 17.7 Å². The number of fused-ring (bicyclic) bond motifs is 1. The number of para-hydroxylation sites is 1. The quantitative estimate of drug-likeness (QED) is 0.610. The molecule has 0 spiro atoms. The smallest absolute Gasteiger partial charge is 0.329 e. The van der Waals surface area contributed by atoms with Gasteiger partial charge in [-0.15, -0.1) is 0 Å². The van der Waals surface area contributed by atoms with E-state index in [0.717, 1.165) is 10.5 Å². The Hall–Kier alpha value is -3.84. The summed E-state index contributed by atoms with van der Waals surface area (Å²) in [6.07, 6.45) is 0. The fraction of sp³-hybridized carbons (Fsp3) is 0.130. The Balaban J connectivity index is 1.77. The van der Waals surface area contributed by atoms with E-state index in [1.54, 1.807) is 48.5 Å². The highest BCUT2D eigenvalue weighted by molar-refractivity contribution is 6.11. The Labute approximate surface area is 173 Å². The lowest BCUT2D eigenvalue weighted by molar-refractivity contribution is -0.140. The molecule has 7 nitrogen and oxygen atoms in total. The van der Waals surface area contributed by atoms with Crippen LogP contribution < -0.4 is 20.3 Å². The number of hydrogen-bond acceptors (Lipinski definition) is 4. The third-order valence-electron chi connectivity index (χ3n) is 4.99. The summed E-state index contributed by atoms with van der Waals surface area (Å²) < 4.78 is 5.24. The summed E-state index contributed by atoms with van der Waals surface area (Å²) in [6.45, 7) is 0.206. The molecule has 3 aromatic rings. The molecule has 0 unspecified atom stereocenters. The number of nitrogens with one attached hydrogen (secondary N) is 2. The number of aliphatic hydroxyl groups is 1. The van der Waals surface area contributed by atoms with E-state index in [2.05, 4.69) is 10.6 Å². The van der Waals surface area contributed by atoms with Gasteiger partial charge in [-0.1, -0.05) is 54.6 Å². The molecule has 0 saturated carbocycles. The van der Waals surface area contributed by atoms with E-state index in [4.69, 9.17) is 4.74 Å². The SMILES string of the molecule is COc1cccc(N2C(=O)Nc3ccccc3[C@@]2(O)C(=O)NCc2ccccc2)c1. The normalized spacial score (nSPS) is 17.7. The van der Waals surface area contributed by atoms with Crippen LogP contribution in [-0.2, 0) is 17.1 Å². The number of hydrogen-bond donors (Lipinski definition) is 3. The summed E-state index contributed by atoms with van der Waals surface area (Å²) in [5, 5.41) is 17.2. The molecule has 1 heterocycles. The number of nitrogens with zero attached hydrogens (tertiary/aromatic N) is 1. The molecule has 3 amide bonds. The number of methoxy groups -OCH3 is 1. The van der Waals surface area contributed by atoms with E-state index in [-0.39, 0.29) is 12.1 Å². The average Bonchev–Trinajstić information content (AvgIpc) is 2.78. The van der Waals surface area contributed by atoms with Crippen molar-refractivity contribution < 1.29 is 19.4 Å². The first-order valence-electron chi connectivity index (χ1n) is 9.43. The van der Waals surface area contributed by atoms with Crippen molar-refractivity contribution in [3.05, 3.63) is 90.0 Å². The van der Waals surface area contributed by atoms with E-state index in [1.807, 2.05) is 30.3 Å². The molecule has 3 N–H and O–H groups in total. The average molecular weight is 403 g/mol. The molecule has 1 aliphatic rings. The van der Waals surface area contributed by atoms with Gasteiger partial charge in [0.05, 0.1) is 18.5 Å². The standard InChI is InChI=1S/C23H21N3O4/c1-30-18-11-7-10-17(14-18)26-22(28)25-20-13-6-5-12-19(20)23(26,29)21(27)24-15-16-8-3-2-4-9-16/h2-14,29H,15H2,1H3,(H,24,27)(H,25,28)/t23-/m1/s1. The summed E-state index contributed by atoms with van der Waals surface area (Å²) in [5.41, 5.74) is -0.410. The first-order valence-corrected chi connectivity index (χ1v) is 9.43. The molecule has 0 aromatic heterocycles. The molecular formula is C23H21N3O4. The molecule has 1 atom stereocenters. The zero-order valence-electron chi connectivity index (χ0n) is 16.3. The summed E-state index contributed by atoms with van der Waals surface area (Å²) in [5.74, 6) is -0.220. The minimum atomic E-state index is -2.25. The van der Waals surface area contributed by atoms with Gasteiger partial charge in [-0.2, -0.15) is 0 Å². The Bertz CT molecular complexity index is 1090. The number of benzene rings is 3. The summed E-state index contributed by atoms with van der Waals surface area (Å²) >= 11 is 0. The van der Waals surface area contributed by atoms with Gasteiger partial charge in [0.25, 0.3) is 11.6 Å². The van der Waals surface area contributed by atoms with Crippen LogP contribution in [0.5, 0.6) is 5.75 Å². The Morgan fingerprint density at radius 2 is 1.80 bits per heavy atom. The highest BCUT2D eigenvalue weighted by Gasteiger charge is 2.51. The zero-order chi connectivity index (χ0) is 21.1. The second kappa shape index (κ2) is 7.88. The maximum absolute atomic E-state index is 13.3. The molecule has 0 aliphatic carbocycles. The van der Waals surface area contributed by atoms with Gasteiger partial charge in [0.15, 0.2) is 0 Å². The maximum atomic E-state index is 13.3. The van der Waals surface area contributed by atoms with Crippen molar-refractivity contribution in [2.45, 2.75) is 12.3 Å². The maximum Gasteiger partial charge on any atom is 0.329 e. The number of ether oxygens (including phenoxy) is 1. The molecule has 0 fully saturated rings. The minimum Gasteiger partial charge on any atom is -0.497 e. The number of urea groups is 1. The van der Waals surface area contributed by atoms with Gasteiger partial charge >= 0.3 is 6.03 Å². The zero-order valence-corrected chi connectivity index (χ0v) is 16.3. The lowest BCUT2D eigenvalue weighted by Crippen LogP contribution is -2.62. The van der Waals surface area contributed by atoms with Gasteiger partial charge in [0.1, 0.15) is 5.75 Å². The third-order valence-corrected chi connectivity index (χ3v) is 4.99. The number of rotatable bonds is 5. The number of carbonyl (C=O) groups is 2. The summed E-state index contributed by atoms with van der Waals surface area (Å²) in [7, 11) is 1.50. The van der Waals surface area contributed by atoms with Gasteiger partial charge in [-0.25, -0.2) is 4.79 Å². The fourth-order valence-electron chi connectivity index (χ4n) is 3.51. The first kappa shape index (κ1) is 19.5. The van der Waals surface area contributed by atoms with Crippen molar-refractivity contribution >= 4 is 23.3 Å². The largest absolute Gasteiger partial charge is 0.497 e. The number of amides is 3. The number of anilines is 2. The molecule has 3 aromatic carbocycles. The van der Waals surface area contributed by atoms with Crippen LogP contribution in [0.15, 0.2) is 78.9 Å². The van der Waals surface area contributed by atoms with Gasteiger partial charge in [-0.05, 0) is 23.8 Å². The molecule has 0 radical (unpaired) electrons. The van der Waals surface area contributed by atoms with Crippen LogP contribution in [0, 0.1) is 0 Å². The van der Waals surface area contributed by atoms with Crippen molar-refractivity contribution in [2.24, 2.45) is 0 Å². The molecule has 7 heteroatoms. The molecule has 0 bridgehead atoms. The highest BCUT2D eigenvalue weighted by Crippen LogP contribution is 2.40. The molecular weight excluding hydrogens is 382 g/mol. The van der Waals surface area contributed by atoms with Crippen molar-refractivity contribution in [2.75, 3.05) is 17.3 Å². The molecule has 30 heavy (non-hydrogen) atoms. The van der Waals surface area contributed by atoms with Crippen molar-refractivity contribution in [3.8, 4) is 5.75 Å². The molecule has 152 valence electrons. The van der Waals surface area contributed by atoms with Crippen molar-refractivity contribution in [1.82, 2.24) is 5.32 Å². The first-order chi connectivity index (χ1) is 14.5. The Morgan fingerprint density at radius 1 is 1.07 bits per heavy atom. The van der Waals surface area contributed by atoms with Crippen LogP contribution in [-0.4, -0.2) is 24.2 Å². The van der Waals surface area contributed by atoms with E-state index in [9.17, 15) is 14.7 Å². The monoisotopic (exact) mass is 403 g/mol. The van der Waals surface area contributed by atoms with Crippen molar-refractivity contribution in [1.29, 1.82) is 0 Å². The lowest BCUT2D eigenvalue weighted by atomic mass is 9.94.